The Hall–Kier alpha value is -2.31. The molecule has 0 saturated heterocycles. The minimum absolute atomic E-state index is 0.206. The van der Waals surface area contributed by atoms with Gasteiger partial charge < -0.3 is 9.30 Å². The molecule has 1 heterocycles. The first kappa shape index (κ1) is 18.0. The molecule has 0 aliphatic heterocycles. The predicted molar refractivity (Wildman–Crippen MR) is 82.6 cm³/mol. The van der Waals surface area contributed by atoms with Crippen LogP contribution in [0, 0.1) is 5.92 Å². The van der Waals surface area contributed by atoms with Gasteiger partial charge in [-0.25, -0.2) is 9.78 Å². The number of halogens is 3. The molecular weight excluding hydrogens is 321 g/mol. The van der Waals surface area contributed by atoms with Crippen molar-refractivity contribution in [2.45, 2.75) is 33.0 Å². The number of carbonyl (C=O) groups excluding carboxylic acids is 1. The molecule has 0 aliphatic rings. The third-order valence-electron chi connectivity index (χ3n) is 3.56. The van der Waals surface area contributed by atoms with Crippen molar-refractivity contribution >= 4 is 5.97 Å². The molecule has 4 nitrogen and oxygen atoms in total. The molecule has 7 heteroatoms. The summed E-state index contributed by atoms with van der Waals surface area (Å²) in [7, 11) is 0. The maximum atomic E-state index is 12.6. The number of esters is 1. The molecule has 130 valence electrons. The van der Waals surface area contributed by atoms with Crippen molar-refractivity contribution in [2.75, 3.05) is 6.61 Å². The molecule has 0 spiro atoms. The molecule has 1 atom stereocenters. The van der Waals surface area contributed by atoms with Crippen molar-refractivity contribution in [3.8, 4) is 0 Å². The molecule has 0 unspecified atom stereocenters. The summed E-state index contributed by atoms with van der Waals surface area (Å²) < 4.78 is 44.7. The van der Waals surface area contributed by atoms with Crippen molar-refractivity contribution in [1.82, 2.24) is 9.55 Å². The largest absolute Gasteiger partial charge is 0.461 e. The first-order valence-electron chi connectivity index (χ1n) is 7.56. The van der Waals surface area contributed by atoms with Crippen LogP contribution >= 0.6 is 0 Å². The minimum atomic E-state index is -4.37. The quantitative estimate of drug-likeness (QED) is 0.761. The summed E-state index contributed by atoms with van der Waals surface area (Å²) in [5.41, 5.74) is 0.197. The van der Waals surface area contributed by atoms with E-state index in [1.807, 2.05) is 13.8 Å². The van der Waals surface area contributed by atoms with Crippen LogP contribution in [0.2, 0.25) is 0 Å². The van der Waals surface area contributed by atoms with Crippen LogP contribution in [0.15, 0.2) is 36.8 Å². The highest BCUT2D eigenvalue weighted by Gasteiger charge is 2.30. The van der Waals surface area contributed by atoms with Crippen molar-refractivity contribution < 1.29 is 22.7 Å². The minimum Gasteiger partial charge on any atom is -0.461 e. The molecule has 2 aromatic rings. The van der Waals surface area contributed by atoms with Gasteiger partial charge in [0, 0.05) is 0 Å². The van der Waals surface area contributed by atoms with Crippen LogP contribution in [0.5, 0.6) is 0 Å². The van der Waals surface area contributed by atoms with E-state index in [4.69, 9.17) is 4.74 Å². The average molecular weight is 340 g/mol. The normalized spacial score (nSPS) is 13.1. The van der Waals surface area contributed by atoms with E-state index in [1.54, 1.807) is 11.5 Å². The van der Waals surface area contributed by atoms with Gasteiger partial charge in [0.25, 0.3) is 0 Å². The van der Waals surface area contributed by atoms with Crippen LogP contribution in [0.25, 0.3) is 0 Å². The summed E-state index contributed by atoms with van der Waals surface area (Å²) in [6.07, 6.45) is -1.51. The molecule has 0 N–H and O–H groups in total. The number of nitrogens with zero attached hydrogens (tertiary/aromatic N) is 2. The van der Waals surface area contributed by atoms with E-state index in [0.29, 0.717) is 12.2 Å². The van der Waals surface area contributed by atoms with Gasteiger partial charge in [0.15, 0.2) is 0 Å². The van der Waals surface area contributed by atoms with Gasteiger partial charge in [0.2, 0.25) is 0 Å². The Kier molecular flexibility index (Phi) is 5.31. The van der Waals surface area contributed by atoms with E-state index >= 15 is 0 Å². The Morgan fingerprint density at radius 3 is 2.38 bits per heavy atom. The van der Waals surface area contributed by atoms with E-state index in [1.165, 1.54) is 24.7 Å². The number of alkyl halides is 3. The number of imidazole rings is 1. The average Bonchev–Trinajstić information content (AvgIpc) is 3.00. The van der Waals surface area contributed by atoms with E-state index < -0.39 is 17.7 Å². The highest BCUT2D eigenvalue weighted by molar-refractivity contribution is 5.87. The number of aromatic nitrogens is 2. The topological polar surface area (TPSA) is 44.1 Å². The lowest BCUT2D eigenvalue weighted by Gasteiger charge is -2.17. The fourth-order valence-electron chi connectivity index (χ4n) is 2.20. The third-order valence-corrected chi connectivity index (χ3v) is 3.56. The number of carbonyl (C=O) groups is 1. The van der Waals surface area contributed by atoms with Gasteiger partial charge in [-0.2, -0.15) is 13.2 Å². The van der Waals surface area contributed by atoms with Gasteiger partial charge in [0.1, 0.15) is 5.69 Å². The molecule has 1 aromatic carbocycles. The zero-order valence-electron chi connectivity index (χ0n) is 13.7. The monoisotopic (exact) mass is 340 g/mol. The fraction of sp³-hybridized carbons (Fsp3) is 0.412. The van der Waals surface area contributed by atoms with Crippen LogP contribution < -0.4 is 0 Å². The third kappa shape index (κ3) is 4.15. The lowest BCUT2D eigenvalue weighted by Crippen LogP contribution is -2.17. The second-order valence-corrected chi connectivity index (χ2v) is 5.97. The van der Waals surface area contributed by atoms with Crippen molar-refractivity contribution in [3.63, 3.8) is 0 Å². The highest BCUT2D eigenvalue weighted by atomic mass is 19.4. The molecule has 0 radical (unpaired) electrons. The van der Waals surface area contributed by atoms with E-state index in [-0.39, 0.29) is 17.7 Å². The Labute approximate surface area is 138 Å². The number of benzene rings is 1. The predicted octanol–water partition coefficient (Wildman–Crippen LogP) is 4.32. The first-order chi connectivity index (χ1) is 11.2. The number of rotatable bonds is 5. The summed E-state index contributed by atoms with van der Waals surface area (Å²) in [5.74, 6) is -0.294. The van der Waals surface area contributed by atoms with Crippen molar-refractivity contribution in [3.05, 3.63) is 53.6 Å². The van der Waals surface area contributed by atoms with E-state index in [2.05, 4.69) is 4.98 Å². The summed E-state index contributed by atoms with van der Waals surface area (Å²) in [5, 5.41) is 0. The van der Waals surface area contributed by atoms with Gasteiger partial charge >= 0.3 is 12.1 Å². The van der Waals surface area contributed by atoms with E-state index in [0.717, 1.165) is 12.1 Å². The molecule has 0 bridgehead atoms. The van der Waals surface area contributed by atoms with Gasteiger partial charge in [-0.1, -0.05) is 26.0 Å². The standard InChI is InChI=1S/C17H19F3N2O2/c1-11(2)9-24-16(23)15-8-21-10-22(15)12(3)13-4-6-14(7-5-13)17(18,19)20/h4-8,10-12H,9H2,1-3H3/t12-/m1/s1. The molecule has 1 aromatic heterocycles. The molecule has 0 amide bonds. The summed E-state index contributed by atoms with van der Waals surface area (Å²) in [4.78, 5) is 16.1. The maximum Gasteiger partial charge on any atom is 0.416 e. The van der Waals surface area contributed by atoms with Gasteiger partial charge in [-0.3, -0.25) is 0 Å². The van der Waals surface area contributed by atoms with Crippen LogP contribution in [-0.2, 0) is 10.9 Å². The molecule has 2 rings (SSSR count). The summed E-state index contributed by atoms with van der Waals surface area (Å²) >= 11 is 0. The second kappa shape index (κ2) is 7.07. The Balaban J connectivity index is 2.20. The van der Waals surface area contributed by atoms with Gasteiger partial charge in [-0.15, -0.1) is 0 Å². The second-order valence-electron chi connectivity index (χ2n) is 5.97. The summed E-state index contributed by atoms with van der Waals surface area (Å²) in [6, 6.07) is 4.50. The van der Waals surface area contributed by atoms with E-state index in [9.17, 15) is 18.0 Å². The lowest BCUT2D eigenvalue weighted by molar-refractivity contribution is -0.137. The molecule has 0 fully saturated rings. The molecular formula is C17H19F3N2O2. The maximum absolute atomic E-state index is 12.6. The highest BCUT2D eigenvalue weighted by Crippen LogP contribution is 2.30. The fourth-order valence-corrected chi connectivity index (χ4v) is 2.20. The van der Waals surface area contributed by atoms with Crippen LogP contribution in [0.4, 0.5) is 13.2 Å². The smallest absolute Gasteiger partial charge is 0.416 e. The lowest BCUT2D eigenvalue weighted by atomic mass is 10.1. The number of ether oxygens (including phenoxy) is 1. The molecule has 24 heavy (non-hydrogen) atoms. The van der Waals surface area contributed by atoms with Crippen molar-refractivity contribution in [2.24, 2.45) is 5.92 Å². The molecule has 0 saturated carbocycles. The number of hydrogen-bond acceptors (Lipinski definition) is 3. The Morgan fingerprint density at radius 2 is 1.83 bits per heavy atom. The van der Waals surface area contributed by atoms with Crippen LogP contribution in [0.3, 0.4) is 0 Å². The van der Waals surface area contributed by atoms with Crippen LogP contribution in [0.1, 0.15) is 48.4 Å². The SMILES string of the molecule is CC(C)COC(=O)c1cncn1[C@H](C)c1ccc(C(F)(F)F)cc1. The molecule has 0 aliphatic carbocycles. The van der Waals surface area contributed by atoms with Gasteiger partial charge in [-0.05, 0) is 30.5 Å². The van der Waals surface area contributed by atoms with Crippen molar-refractivity contribution in [1.29, 1.82) is 0 Å². The van der Waals surface area contributed by atoms with Crippen LogP contribution in [-0.4, -0.2) is 22.1 Å². The zero-order chi connectivity index (χ0) is 17.9. The Bertz CT molecular complexity index is 691. The number of hydrogen-bond donors (Lipinski definition) is 0. The summed E-state index contributed by atoms with van der Waals surface area (Å²) in [6.45, 7) is 5.92. The first-order valence-corrected chi connectivity index (χ1v) is 7.56. The van der Waals surface area contributed by atoms with Gasteiger partial charge in [0.05, 0.1) is 30.7 Å². The zero-order valence-corrected chi connectivity index (χ0v) is 13.7. The Morgan fingerprint density at radius 1 is 1.21 bits per heavy atom.